The molecule has 0 bridgehead atoms. The molecular formula is C11H16N2O2. The predicted molar refractivity (Wildman–Crippen MR) is 61.2 cm³/mol. The molecule has 0 atom stereocenters. The van der Waals surface area contributed by atoms with E-state index in [9.17, 15) is 4.79 Å². The first-order valence-corrected chi connectivity index (χ1v) is 4.57. The molecule has 0 spiro atoms. The molecule has 0 aromatic heterocycles. The maximum atomic E-state index is 10.1. The number of carboxylic acids is 1. The van der Waals surface area contributed by atoms with Gasteiger partial charge in [-0.05, 0) is 11.6 Å². The molecule has 0 radical (unpaired) electrons. The van der Waals surface area contributed by atoms with Gasteiger partial charge in [0, 0.05) is 19.2 Å². The van der Waals surface area contributed by atoms with Crippen molar-refractivity contribution >= 4 is 12.0 Å². The van der Waals surface area contributed by atoms with Gasteiger partial charge in [0.15, 0.2) is 0 Å². The van der Waals surface area contributed by atoms with E-state index >= 15 is 0 Å². The molecule has 82 valence electrons. The maximum absolute atomic E-state index is 10.1. The molecule has 1 aromatic rings. The quantitative estimate of drug-likeness (QED) is 0.637. The summed E-state index contributed by atoms with van der Waals surface area (Å²) in [7, 11) is 0. The van der Waals surface area contributed by atoms with Crippen LogP contribution < -0.4 is 11.5 Å². The zero-order valence-electron chi connectivity index (χ0n) is 8.47. The van der Waals surface area contributed by atoms with E-state index in [4.69, 9.17) is 16.6 Å². The highest BCUT2D eigenvalue weighted by Crippen LogP contribution is 1.99. The Hall–Kier alpha value is -1.65. The number of aliphatic carboxylic acids is 1. The number of carboxylic acid groups (broad SMARTS) is 1. The van der Waals surface area contributed by atoms with Gasteiger partial charge < -0.3 is 16.6 Å². The van der Waals surface area contributed by atoms with E-state index in [0.717, 1.165) is 11.6 Å². The molecule has 0 aliphatic heterocycles. The third-order valence-corrected chi connectivity index (χ3v) is 1.38. The normalized spacial score (nSPS) is 9.47. The lowest BCUT2D eigenvalue weighted by molar-refractivity contribution is -0.131. The third-order valence-electron chi connectivity index (χ3n) is 1.38. The summed E-state index contributed by atoms with van der Waals surface area (Å²) in [5, 5.41) is 8.29. The van der Waals surface area contributed by atoms with Gasteiger partial charge in [-0.3, -0.25) is 0 Å². The second kappa shape index (κ2) is 8.93. The van der Waals surface area contributed by atoms with Crippen LogP contribution in [-0.2, 0) is 4.79 Å². The van der Waals surface area contributed by atoms with Gasteiger partial charge >= 0.3 is 5.97 Å². The Morgan fingerprint density at radius 3 is 2.13 bits per heavy atom. The van der Waals surface area contributed by atoms with Crippen molar-refractivity contribution < 1.29 is 9.90 Å². The Kier molecular flexibility index (Phi) is 7.94. The van der Waals surface area contributed by atoms with E-state index in [1.165, 1.54) is 0 Å². The van der Waals surface area contributed by atoms with Crippen molar-refractivity contribution in [3.05, 3.63) is 42.0 Å². The van der Waals surface area contributed by atoms with Crippen LogP contribution in [0.25, 0.3) is 6.08 Å². The van der Waals surface area contributed by atoms with Crippen molar-refractivity contribution in [2.75, 3.05) is 13.1 Å². The van der Waals surface area contributed by atoms with Crippen LogP contribution in [0.5, 0.6) is 0 Å². The minimum atomic E-state index is -0.922. The van der Waals surface area contributed by atoms with Crippen LogP contribution in [0, 0.1) is 0 Å². The molecule has 0 aliphatic rings. The molecule has 0 aliphatic carbocycles. The molecule has 0 unspecified atom stereocenters. The average Bonchev–Trinajstić information content (AvgIpc) is 2.28. The maximum Gasteiger partial charge on any atom is 0.328 e. The summed E-state index contributed by atoms with van der Waals surface area (Å²) in [5.41, 5.74) is 10.7. The fourth-order valence-corrected chi connectivity index (χ4v) is 0.732. The minimum absolute atomic E-state index is 0.597. The topological polar surface area (TPSA) is 89.3 Å². The third kappa shape index (κ3) is 8.67. The van der Waals surface area contributed by atoms with Gasteiger partial charge in [0.2, 0.25) is 0 Å². The fraction of sp³-hybridized carbons (Fsp3) is 0.182. The molecular weight excluding hydrogens is 192 g/mol. The summed E-state index contributed by atoms with van der Waals surface area (Å²) in [4.78, 5) is 10.1. The van der Waals surface area contributed by atoms with Crippen LogP contribution in [-0.4, -0.2) is 24.2 Å². The van der Waals surface area contributed by atoms with Crippen molar-refractivity contribution in [2.24, 2.45) is 11.5 Å². The van der Waals surface area contributed by atoms with Crippen LogP contribution in [0.15, 0.2) is 36.4 Å². The highest BCUT2D eigenvalue weighted by Gasteiger charge is 1.85. The highest BCUT2D eigenvalue weighted by molar-refractivity contribution is 5.85. The summed E-state index contributed by atoms with van der Waals surface area (Å²) in [6.45, 7) is 1.19. The molecule has 0 fully saturated rings. The number of nitrogens with two attached hydrogens (primary N) is 2. The van der Waals surface area contributed by atoms with E-state index < -0.39 is 5.97 Å². The molecule has 15 heavy (non-hydrogen) atoms. The average molecular weight is 208 g/mol. The van der Waals surface area contributed by atoms with Gasteiger partial charge in [0.25, 0.3) is 0 Å². The molecule has 0 heterocycles. The summed E-state index contributed by atoms with van der Waals surface area (Å²) in [5.74, 6) is -0.922. The number of rotatable bonds is 3. The van der Waals surface area contributed by atoms with E-state index in [2.05, 4.69) is 0 Å². The second-order valence-electron chi connectivity index (χ2n) is 2.66. The van der Waals surface area contributed by atoms with Crippen molar-refractivity contribution in [3.63, 3.8) is 0 Å². The number of benzene rings is 1. The Morgan fingerprint density at radius 2 is 1.73 bits per heavy atom. The van der Waals surface area contributed by atoms with Crippen molar-refractivity contribution in [3.8, 4) is 0 Å². The number of hydrogen-bond acceptors (Lipinski definition) is 3. The van der Waals surface area contributed by atoms with Crippen molar-refractivity contribution in [1.82, 2.24) is 0 Å². The fourth-order valence-electron chi connectivity index (χ4n) is 0.732. The van der Waals surface area contributed by atoms with Gasteiger partial charge in [0.05, 0.1) is 0 Å². The van der Waals surface area contributed by atoms with Gasteiger partial charge in [-0.15, -0.1) is 0 Å². The molecule has 0 saturated carbocycles. The monoisotopic (exact) mass is 208 g/mol. The number of hydrogen-bond donors (Lipinski definition) is 3. The van der Waals surface area contributed by atoms with E-state index in [0.29, 0.717) is 13.1 Å². The Balaban J connectivity index is 0.000000423. The first kappa shape index (κ1) is 13.4. The lowest BCUT2D eigenvalue weighted by Gasteiger charge is -1.87. The smallest absolute Gasteiger partial charge is 0.328 e. The van der Waals surface area contributed by atoms with Gasteiger partial charge in [-0.2, -0.15) is 0 Å². The SMILES string of the molecule is NCCN.O=C(O)/C=C/c1ccccc1. The lowest BCUT2D eigenvalue weighted by atomic mass is 10.2. The summed E-state index contributed by atoms with van der Waals surface area (Å²) < 4.78 is 0. The molecule has 4 nitrogen and oxygen atoms in total. The van der Waals surface area contributed by atoms with Gasteiger partial charge in [-0.1, -0.05) is 30.3 Å². The first-order valence-electron chi connectivity index (χ1n) is 4.57. The first-order chi connectivity index (χ1) is 7.20. The van der Waals surface area contributed by atoms with Crippen LogP contribution >= 0.6 is 0 Å². The van der Waals surface area contributed by atoms with Crippen LogP contribution in [0.4, 0.5) is 0 Å². The van der Waals surface area contributed by atoms with Crippen LogP contribution in [0.1, 0.15) is 5.56 Å². The highest BCUT2D eigenvalue weighted by atomic mass is 16.4. The Bertz CT molecular complexity index is 295. The molecule has 0 saturated heterocycles. The Labute approximate surface area is 89.2 Å². The largest absolute Gasteiger partial charge is 0.478 e. The van der Waals surface area contributed by atoms with Crippen molar-refractivity contribution in [1.29, 1.82) is 0 Å². The predicted octanol–water partition coefficient (Wildman–Crippen LogP) is 0.688. The summed E-state index contributed by atoms with van der Waals surface area (Å²) in [6.07, 6.45) is 2.68. The van der Waals surface area contributed by atoms with Crippen molar-refractivity contribution in [2.45, 2.75) is 0 Å². The number of carbonyl (C=O) groups is 1. The lowest BCUT2D eigenvalue weighted by Crippen LogP contribution is -2.11. The van der Waals surface area contributed by atoms with Crippen LogP contribution in [0.2, 0.25) is 0 Å². The summed E-state index contributed by atoms with van der Waals surface area (Å²) >= 11 is 0. The molecule has 5 N–H and O–H groups in total. The van der Waals surface area contributed by atoms with Gasteiger partial charge in [-0.25, -0.2) is 4.79 Å². The second-order valence-corrected chi connectivity index (χ2v) is 2.66. The standard InChI is InChI=1S/C9H8O2.C2H8N2/c10-9(11)7-6-8-4-2-1-3-5-8;3-1-2-4/h1-7H,(H,10,11);1-4H2/b7-6+;. The zero-order valence-corrected chi connectivity index (χ0v) is 8.47. The van der Waals surface area contributed by atoms with E-state index in [-0.39, 0.29) is 0 Å². The van der Waals surface area contributed by atoms with E-state index in [1.807, 2.05) is 30.3 Å². The minimum Gasteiger partial charge on any atom is -0.478 e. The van der Waals surface area contributed by atoms with E-state index in [1.54, 1.807) is 6.08 Å². The molecule has 1 aromatic carbocycles. The summed E-state index contributed by atoms with van der Waals surface area (Å²) in [6, 6.07) is 9.31. The van der Waals surface area contributed by atoms with Gasteiger partial charge in [0.1, 0.15) is 0 Å². The zero-order chi connectivity index (χ0) is 11.5. The molecule has 1 rings (SSSR count). The Morgan fingerprint density at radius 1 is 1.20 bits per heavy atom. The van der Waals surface area contributed by atoms with Crippen LogP contribution in [0.3, 0.4) is 0 Å². The molecule has 4 heteroatoms. The molecule has 0 amide bonds.